The Labute approximate surface area is 129 Å². The molecule has 21 heavy (non-hydrogen) atoms. The number of carbonyl (C=O) groups excluding carboxylic acids is 1. The van der Waals surface area contributed by atoms with Crippen molar-refractivity contribution in [3.8, 4) is 5.75 Å². The van der Waals surface area contributed by atoms with E-state index in [2.05, 4.69) is 21.2 Å². The Kier molecular flexibility index (Phi) is 4.94. The summed E-state index contributed by atoms with van der Waals surface area (Å²) in [5.41, 5.74) is 0.765. The van der Waals surface area contributed by atoms with Crippen molar-refractivity contribution in [3.63, 3.8) is 0 Å². The number of hydrogen-bond acceptors (Lipinski definition) is 3. The van der Waals surface area contributed by atoms with Crippen molar-refractivity contribution in [1.29, 1.82) is 0 Å². The molecule has 2 aromatic rings. The van der Waals surface area contributed by atoms with Gasteiger partial charge < -0.3 is 15.2 Å². The summed E-state index contributed by atoms with van der Waals surface area (Å²) in [4.78, 5) is 22.6. The summed E-state index contributed by atoms with van der Waals surface area (Å²) in [6.45, 7) is -0.212. The third kappa shape index (κ3) is 4.32. The van der Waals surface area contributed by atoms with Gasteiger partial charge in [-0.05, 0) is 46.3 Å². The number of halogens is 1. The average Bonchev–Trinajstić information content (AvgIpc) is 2.47. The fraction of sp³-hybridized carbons (Fsp3) is 0.0667. The van der Waals surface area contributed by atoms with Crippen LogP contribution in [0.3, 0.4) is 0 Å². The SMILES string of the molecule is O=C(COc1cc(C(=O)O)ccc1Br)Nc1ccccc1. The molecule has 0 saturated heterocycles. The summed E-state index contributed by atoms with van der Waals surface area (Å²) in [6.07, 6.45) is 0. The quantitative estimate of drug-likeness (QED) is 0.869. The van der Waals surface area contributed by atoms with Gasteiger partial charge in [0.05, 0.1) is 10.0 Å². The molecule has 0 bridgehead atoms. The van der Waals surface area contributed by atoms with Gasteiger partial charge >= 0.3 is 5.97 Å². The van der Waals surface area contributed by atoms with Crippen molar-refractivity contribution < 1.29 is 19.4 Å². The molecule has 2 aromatic carbocycles. The van der Waals surface area contributed by atoms with Gasteiger partial charge in [0.25, 0.3) is 5.91 Å². The Morgan fingerprint density at radius 3 is 2.52 bits per heavy atom. The van der Waals surface area contributed by atoms with Crippen LogP contribution in [0, 0.1) is 0 Å². The number of aromatic carboxylic acids is 1. The lowest BCUT2D eigenvalue weighted by atomic mass is 10.2. The monoisotopic (exact) mass is 349 g/mol. The zero-order valence-corrected chi connectivity index (χ0v) is 12.5. The topological polar surface area (TPSA) is 75.6 Å². The van der Waals surface area contributed by atoms with Gasteiger partial charge in [0.15, 0.2) is 6.61 Å². The van der Waals surface area contributed by atoms with E-state index in [-0.39, 0.29) is 18.1 Å². The summed E-state index contributed by atoms with van der Waals surface area (Å²) in [5.74, 6) is -1.08. The van der Waals surface area contributed by atoms with Gasteiger partial charge in [-0.1, -0.05) is 18.2 Å². The smallest absolute Gasteiger partial charge is 0.335 e. The molecule has 0 aliphatic carbocycles. The van der Waals surface area contributed by atoms with E-state index in [1.54, 1.807) is 18.2 Å². The predicted octanol–water partition coefficient (Wildman–Crippen LogP) is 3.16. The van der Waals surface area contributed by atoms with E-state index >= 15 is 0 Å². The lowest BCUT2D eigenvalue weighted by Gasteiger charge is -2.09. The summed E-state index contributed by atoms with van der Waals surface area (Å²) in [7, 11) is 0. The molecular formula is C15H12BrNO4. The molecule has 0 fully saturated rings. The molecule has 2 rings (SSSR count). The fourth-order valence-corrected chi connectivity index (χ4v) is 1.97. The van der Waals surface area contributed by atoms with E-state index < -0.39 is 5.97 Å². The molecule has 0 aliphatic heterocycles. The van der Waals surface area contributed by atoms with Gasteiger partial charge in [-0.15, -0.1) is 0 Å². The molecule has 6 heteroatoms. The van der Waals surface area contributed by atoms with Gasteiger partial charge in [-0.3, -0.25) is 4.79 Å². The number of carboxylic acids is 1. The third-order valence-electron chi connectivity index (χ3n) is 2.59. The van der Waals surface area contributed by atoms with Crippen molar-refractivity contribution >= 4 is 33.5 Å². The van der Waals surface area contributed by atoms with Crippen LogP contribution >= 0.6 is 15.9 Å². The summed E-state index contributed by atoms with van der Waals surface area (Å²) in [6, 6.07) is 13.4. The standard InChI is InChI=1S/C15H12BrNO4/c16-12-7-6-10(15(19)20)8-13(12)21-9-14(18)17-11-4-2-1-3-5-11/h1-8H,9H2,(H,17,18)(H,19,20). The highest BCUT2D eigenvalue weighted by Crippen LogP contribution is 2.26. The maximum atomic E-state index is 11.7. The summed E-state index contributed by atoms with van der Waals surface area (Å²) >= 11 is 3.25. The minimum Gasteiger partial charge on any atom is -0.483 e. The number of hydrogen-bond donors (Lipinski definition) is 2. The second-order valence-electron chi connectivity index (χ2n) is 4.15. The fourth-order valence-electron chi connectivity index (χ4n) is 1.61. The van der Waals surface area contributed by atoms with Crippen molar-refractivity contribution in [2.75, 3.05) is 11.9 Å². The van der Waals surface area contributed by atoms with Crippen LogP contribution in [0.1, 0.15) is 10.4 Å². The summed E-state index contributed by atoms with van der Waals surface area (Å²) < 4.78 is 5.92. The molecule has 0 saturated carbocycles. The molecule has 0 aromatic heterocycles. The molecule has 1 amide bonds. The first-order valence-corrected chi connectivity index (χ1v) is 6.86. The number of anilines is 1. The predicted molar refractivity (Wildman–Crippen MR) is 81.7 cm³/mol. The Morgan fingerprint density at radius 1 is 1.14 bits per heavy atom. The number of nitrogens with one attached hydrogen (secondary N) is 1. The number of rotatable bonds is 5. The highest BCUT2D eigenvalue weighted by atomic mass is 79.9. The minimum absolute atomic E-state index is 0.0941. The van der Waals surface area contributed by atoms with Gasteiger partial charge in [0, 0.05) is 5.69 Å². The van der Waals surface area contributed by atoms with Crippen LogP contribution in [-0.4, -0.2) is 23.6 Å². The van der Waals surface area contributed by atoms with Crippen LogP contribution in [0.15, 0.2) is 53.0 Å². The number of benzene rings is 2. The number of carboxylic acid groups (broad SMARTS) is 1. The first-order valence-electron chi connectivity index (χ1n) is 6.07. The number of para-hydroxylation sites is 1. The molecule has 0 unspecified atom stereocenters. The van der Waals surface area contributed by atoms with E-state index in [4.69, 9.17) is 9.84 Å². The second-order valence-corrected chi connectivity index (χ2v) is 5.01. The van der Waals surface area contributed by atoms with E-state index in [1.165, 1.54) is 12.1 Å². The van der Waals surface area contributed by atoms with Crippen LogP contribution in [0.2, 0.25) is 0 Å². The first-order chi connectivity index (χ1) is 10.1. The van der Waals surface area contributed by atoms with Crippen molar-refractivity contribution in [3.05, 3.63) is 58.6 Å². The molecule has 0 heterocycles. The number of amides is 1. The molecule has 0 aliphatic rings. The lowest BCUT2D eigenvalue weighted by molar-refractivity contribution is -0.118. The molecule has 108 valence electrons. The maximum Gasteiger partial charge on any atom is 0.335 e. The number of ether oxygens (including phenoxy) is 1. The highest BCUT2D eigenvalue weighted by molar-refractivity contribution is 9.10. The van der Waals surface area contributed by atoms with Crippen molar-refractivity contribution in [2.45, 2.75) is 0 Å². The molecule has 0 spiro atoms. The molecule has 0 atom stereocenters. The van der Waals surface area contributed by atoms with E-state index in [0.717, 1.165) is 0 Å². The normalized spacial score (nSPS) is 9.95. The van der Waals surface area contributed by atoms with Gasteiger partial charge in [-0.2, -0.15) is 0 Å². The molecule has 5 nitrogen and oxygen atoms in total. The zero-order valence-electron chi connectivity index (χ0n) is 10.9. The largest absolute Gasteiger partial charge is 0.483 e. The molecule has 2 N–H and O–H groups in total. The van der Waals surface area contributed by atoms with Crippen LogP contribution in [0.5, 0.6) is 5.75 Å². The Hall–Kier alpha value is -2.34. The van der Waals surface area contributed by atoms with Crippen LogP contribution < -0.4 is 10.1 Å². The van der Waals surface area contributed by atoms with Gasteiger partial charge in [0.1, 0.15) is 5.75 Å². The number of carbonyl (C=O) groups is 2. The minimum atomic E-state index is -1.05. The van der Waals surface area contributed by atoms with Gasteiger partial charge in [0.2, 0.25) is 0 Å². The van der Waals surface area contributed by atoms with E-state index in [0.29, 0.717) is 15.9 Å². The Bertz CT molecular complexity index is 658. The van der Waals surface area contributed by atoms with Gasteiger partial charge in [-0.25, -0.2) is 4.79 Å². The first kappa shape index (κ1) is 15.1. The lowest BCUT2D eigenvalue weighted by Crippen LogP contribution is -2.20. The average molecular weight is 350 g/mol. The summed E-state index contributed by atoms with van der Waals surface area (Å²) in [5, 5.41) is 11.6. The van der Waals surface area contributed by atoms with E-state index in [9.17, 15) is 9.59 Å². The van der Waals surface area contributed by atoms with Crippen molar-refractivity contribution in [1.82, 2.24) is 0 Å². The Morgan fingerprint density at radius 2 is 1.86 bits per heavy atom. The highest BCUT2D eigenvalue weighted by Gasteiger charge is 2.10. The maximum absolute atomic E-state index is 11.7. The molecular weight excluding hydrogens is 338 g/mol. The van der Waals surface area contributed by atoms with Crippen molar-refractivity contribution in [2.24, 2.45) is 0 Å². The van der Waals surface area contributed by atoms with Crippen LogP contribution in [-0.2, 0) is 4.79 Å². The Balaban J connectivity index is 1.98. The molecule has 0 radical (unpaired) electrons. The van der Waals surface area contributed by atoms with Crippen LogP contribution in [0.25, 0.3) is 0 Å². The van der Waals surface area contributed by atoms with E-state index in [1.807, 2.05) is 18.2 Å². The zero-order chi connectivity index (χ0) is 15.2. The second kappa shape index (κ2) is 6.90. The van der Waals surface area contributed by atoms with Crippen LogP contribution in [0.4, 0.5) is 5.69 Å². The third-order valence-corrected chi connectivity index (χ3v) is 3.25.